The number of phenols is 1. The first-order valence-corrected chi connectivity index (χ1v) is 5.51. The van der Waals surface area contributed by atoms with E-state index in [1.54, 1.807) is 18.2 Å². The lowest BCUT2D eigenvalue weighted by Gasteiger charge is -2.07. The molecule has 0 aliphatic carbocycles. The van der Waals surface area contributed by atoms with Crippen molar-refractivity contribution >= 4 is 11.4 Å². The van der Waals surface area contributed by atoms with Gasteiger partial charge < -0.3 is 10.4 Å². The summed E-state index contributed by atoms with van der Waals surface area (Å²) in [6.07, 6.45) is 0. The van der Waals surface area contributed by atoms with Crippen molar-refractivity contribution in [3.05, 3.63) is 64.0 Å². The molecule has 98 valence electrons. The van der Waals surface area contributed by atoms with Gasteiger partial charge in [0.15, 0.2) is 0 Å². The van der Waals surface area contributed by atoms with E-state index in [0.717, 1.165) is 11.6 Å². The average Bonchev–Trinajstić information content (AvgIpc) is 2.36. The van der Waals surface area contributed by atoms with Crippen molar-refractivity contribution < 1.29 is 14.4 Å². The minimum Gasteiger partial charge on any atom is -0.508 e. The first kappa shape index (κ1) is 12.8. The quantitative estimate of drug-likeness (QED) is 0.656. The van der Waals surface area contributed by atoms with Crippen LogP contribution in [0.2, 0.25) is 0 Å². The smallest absolute Gasteiger partial charge is 0.274 e. The second-order valence-electron chi connectivity index (χ2n) is 3.98. The molecule has 0 saturated carbocycles. The van der Waals surface area contributed by atoms with Crippen LogP contribution < -0.4 is 5.32 Å². The number of nitro benzene ring substituents is 1. The van der Waals surface area contributed by atoms with E-state index in [1.807, 2.05) is 0 Å². The van der Waals surface area contributed by atoms with E-state index in [1.165, 1.54) is 18.2 Å². The fourth-order valence-electron chi connectivity index (χ4n) is 1.65. The number of halogens is 1. The van der Waals surface area contributed by atoms with Crippen molar-refractivity contribution in [2.45, 2.75) is 6.54 Å². The summed E-state index contributed by atoms with van der Waals surface area (Å²) in [4.78, 5) is 9.95. The number of nitrogens with zero attached hydrogens (tertiary/aromatic N) is 1. The molecule has 0 aromatic heterocycles. The minimum atomic E-state index is -0.674. The standard InChI is InChI=1S/C13H11FN2O3/c14-10-5-11(7-12(6-10)16(18)19)15-8-9-2-1-3-13(17)4-9/h1-7,15,17H,8H2. The summed E-state index contributed by atoms with van der Waals surface area (Å²) in [5.41, 5.74) is 0.792. The van der Waals surface area contributed by atoms with E-state index in [2.05, 4.69) is 5.32 Å². The number of hydrogen-bond acceptors (Lipinski definition) is 4. The normalized spacial score (nSPS) is 10.2. The molecule has 0 atom stereocenters. The Morgan fingerprint density at radius 3 is 2.74 bits per heavy atom. The Morgan fingerprint density at radius 1 is 1.26 bits per heavy atom. The molecule has 0 unspecified atom stereocenters. The van der Waals surface area contributed by atoms with Crippen molar-refractivity contribution in [3.8, 4) is 5.75 Å². The molecule has 2 N–H and O–H groups in total. The van der Waals surface area contributed by atoms with E-state index in [4.69, 9.17) is 0 Å². The van der Waals surface area contributed by atoms with Gasteiger partial charge in [0.05, 0.1) is 11.0 Å². The van der Waals surface area contributed by atoms with E-state index in [-0.39, 0.29) is 11.4 Å². The van der Waals surface area contributed by atoms with Crippen molar-refractivity contribution in [2.75, 3.05) is 5.32 Å². The summed E-state index contributed by atoms with van der Waals surface area (Å²) in [6, 6.07) is 9.85. The monoisotopic (exact) mass is 262 g/mol. The summed E-state index contributed by atoms with van der Waals surface area (Å²) in [6.45, 7) is 0.328. The van der Waals surface area contributed by atoms with Crippen LogP contribution in [0.25, 0.3) is 0 Å². The lowest BCUT2D eigenvalue weighted by Crippen LogP contribution is -2.00. The molecular formula is C13H11FN2O3. The molecular weight excluding hydrogens is 251 g/mol. The lowest BCUT2D eigenvalue weighted by atomic mass is 10.2. The van der Waals surface area contributed by atoms with Gasteiger partial charge in [-0.3, -0.25) is 10.1 Å². The zero-order chi connectivity index (χ0) is 13.8. The zero-order valence-corrected chi connectivity index (χ0v) is 9.84. The second kappa shape index (κ2) is 5.34. The topological polar surface area (TPSA) is 75.4 Å². The average molecular weight is 262 g/mol. The Labute approximate surface area is 108 Å². The van der Waals surface area contributed by atoms with Gasteiger partial charge in [-0.25, -0.2) is 4.39 Å². The largest absolute Gasteiger partial charge is 0.508 e. The van der Waals surface area contributed by atoms with Gasteiger partial charge in [0.2, 0.25) is 0 Å². The Morgan fingerprint density at radius 2 is 2.05 bits per heavy atom. The predicted octanol–water partition coefficient (Wildman–Crippen LogP) is 3.05. The fraction of sp³-hybridized carbons (Fsp3) is 0.0769. The van der Waals surface area contributed by atoms with Gasteiger partial charge in [0.25, 0.3) is 5.69 Å². The summed E-state index contributed by atoms with van der Waals surface area (Å²) in [5.74, 6) is -0.544. The van der Waals surface area contributed by atoms with E-state index >= 15 is 0 Å². The molecule has 5 nitrogen and oxygen atoms in total. The molecule has 0 heterocycles. The molecule has 0 radical (unpaired) electrons. The number of nitrogens with one attached hydrogen (secondary N) is 1. The van der Waals surface area contributed by atoms with Gasteiger partial charge in [-0.2, -0.15) is 0 Å². The van der Waals surface area contributed by atoms with Crippen molar-refractivity contribution in [1.29, 1.82) is 0 Å². The third-order valence-corrected chi connectivity index (χ3v) is 2.50. The van der Waals surface area contributed by atoms with Gasteiger partial charge in [0, 0.05) is 18.3 Å². The molecule has 6 heteroatoms. The summed E-state index contributed by atoms with van der Waals surface area (Å²) < 4.78 is 13.2. The van der Waals surface area contributed by atoms with Gasteiger partial charge >= 0.3 is 0 Å². The number of phenolic OH excluding ortho intramolecular Hbond substituents is 1. The number of hydrogen-bond donors (Lipinski definition) is 2. The number of rotatable bonds is 4. The van der Waals surface area contributed by atoms with E-state index in [9.17, 15) is 19.6 Å². The molecule has 0 saturated heterocycles. The maximum absolute atomic E-state index is 13.2. The minimum absolute atomic E-state index is 0.129. The van der Waals surface area contributed by atoms with Crippen LogP contribution in [0.15, 0.2) is 42.5 Å². The first-order valence-electron chi connectivity index (χ1n) is 5.51. The van der Waals surface area contributed by atoms with E-state index in [0.29, 0.717) is 12.2 Å². The van der Waals surface area contributed by atoms with Crippen LogP contribution >= 0.6 is 0 Å². The molecule has 2 aromatic rings. The molecule has 0 amide bonds. The highest BCUT2D eigenvalue weighted by molar-refractivity contribution is 5.51. The molecule has 0 fully saturated rings. The van der Waals surface area contributed by atoms with Crippen LogP contribution in [0.5, 0.6) is 5.75 Å². The molecule has 2 rings (SSSR count). The zero-order valence-electron chi connectivity index (χ0n) is 9.84. The highest BCUT2D eigenvalue weighted by atomic mass is 19.1. The maximum Gasteiger partial charge on any atom is 0.274 e. The van der Waals surface area contributed by atoms with Crippen molar-refractivity contribution in [3.63, 3.8) is 0 Å². The number of anilines is 1. The Hall–Kier alpha value is -2.63. The molecule has 0 bridgehead atoms. The molecule has 2 aromatic carbocycles. The van der Waals surface area contributed by atoms with Gasteiger partial charge in [-0.15, -0.1) is 0 Å². The SMILES string of the molecule is O=[N+]([O-])c1cc(F)cc(NCc2cccc(O)c2)c1. The third kappa shape index (κ3) is 3.41. The lowest BCUT2D eigenvalue weighted by molar-refractivity contribution is -0.385. The van der Waals surface area contributed by atoms with Crippen LogP contribution in [0, 0.1) is 15.9 Å². The van der Waals surface area contributed by atoms with Crippen LogP contribution in [-0.4, -0.2) is 10.0 Å². The Kier molecular flexibility index (Phi) is 3.61. The molecule has 0 spiro atoms. The van der Waals surface area contributed by atoms with Crippen molar-refractivity contribution in [2.24, 2.45) is 0 Å². The summed E-state index contributed by atoms with van der Waals surface area (Å²) in [5, 5.41) is 22.8. The second-order valence-corrected chi connectivity index (χ2v) is 3.98. The van der Waals surface area contributed by atoms with Gasteiger partial charge in [0.1, 0.15) is 11.6 Å². The highest BCUT2D eigenvalue weighted by Gasteiger charge is 2.09. The predicted molar refractivity (Wildman–Crippen MR) is 68.5 cm³/mol. The maximum atomic E-state index is 13.2. The fourth-order valence-corrected chi connectivity index (χ4v) is 1.65. The Bertz CT molecular complexity index is 617. The van der Waals surface area contributed by atoms with Crippen LogP contribution in [0.3, 0.4) is 0 Å². The van der Waals surface area contributed by atoms with Gasteiger partial charge in [-0.05, 0) is 23.8 Å². The molecule has 19 heavy (non-hydrogen) atoms. The van der Waals surface area contributed by atoms with E-state index < -0.39 is 10.7 Å². The summed E-state index contributed by atoms with van der Waals surface area (Å²) >= 11 is 0. The first-order chi connectivity index (χ1) is 9.04. The number of non-ortho nitro benzene ring substituents is 1. The summed E-state index contributed by atoms with van der Waals surface area (Å²) in [7, 11) is 0. The van der Waals surface area contributed by atoms with Gasteiger partial charge in [-0.1, -0.05) is 12.1 Å². The van der Waals surface area contributed by atoms with Crippen molar-refractivity contribution in [1.82, 2.24) is 0 Å². The van der Waals surface area contributed by atoms with Crippen LogP contribution in [0.1, 0.15) is 5.56 Å². The highest BCUT2D eigenvalue weighted by Crippen LogP contribution is 2.21. The Balaban J connectivity index is 2.13. The van der Waals surface area contributed by atoms with Crippen LogP contribution in [0.4, 0.5) is 15.8 Å². The number of aromatic hydroxyl groups is 1. The third-order valence-electron chi connectivity index (χ3n) is 2.50. The number of nitro groups is 1. The van der Waals surface area contributed by atoms with Crippen LogP contribution in [-0.2, 0) is 6.54 Å². The molecule has 0 aliphatic heterocycles. The number of benzene rings is 2. The molecule has 0 aliphatic rings.